The van der Waals surface area contributed by atoms with Gasteiger partial charge in [-0.1, -0.05) is 32.0 Å². The van der Waals surface area contributed by atoms with Crippen LogP contribution in [0.15, 0.2) is 54.9 Å². The average Bonchev–Trinajstić information content (AvgIpc) is 2.99. The SMILES string of the molecule is CC1(C)Cc2[nH]c(-c3ccncc3)c(Nc3ccccc3)c2C(C=O)C1. The maximum absolute atomic E-state index is 11.9. The molecule has 4 rings (SSSR count). The number of H-pyrrole nitrogens is 1. The maximum atomic E-state index is 11.9. The number of aldehydes is 1. The molecule has 2 N–H and O–H groups in total. The molecule has 1 atom stereocenters. The van der Waals surface area contributed by atoms with Crippen LogP contribution in [0, 0.1) is 5.41 Å². The van der Waals surface area contributed by atoms with Gasteiger partial charge in [0.25, 0.3) is 0 Å². The smallest absolute Gasteiger partial charge is 0.127 e. The molecule has 132 valence electrons. The number of hydrogen-bond donors (Lipinski definition) is 2. The van der Waals surface area contributed by atoms with Gasteiger partial charge < -0.3 is 15.1 Å². The third-order valence-electron chi connectivity index (χ3n) is 5.10. The number of aromatic amines is 1. The molecular formula is C22H23N3O. The van der Waals surface area contributed by atoms with Crippen LogP contribution in [0.3, 0.4) is 0 Å². The molecule has 0 bridgehead atoms. The Kier molecular flexibility index (Phi) is 4.11. The lowest BCUT2D eigenvalue weighted by Gasteiger charge is -2.33. The summed E-state index contributed by atoms with van der Waals surface area (Å²) in [7, 11) is 0. The van der Waals surface area contributed by atoms with E-state index in [4.69, 9.17) is 0 Å². The highest BCUT2D eigenvalue weighted by atomic mass is 16.1. The quantitative estimate of drug-likeness (QED) is 0.649. The predicted octanol–water partition coefficient (Wildman–Crippen LogP) is 5.08. The zero-order valence-electron chi connectivity index (χ0n) is 15.1. The highest BCUT2D eigenvalue weighted by Crippen LogP contribution is 2.48. The van der Waals surface area contributed by atoms with Crippen LogP contribution in [0.2, 0.25) is 0 Å². The molecule has 4 nitrogen and oxygen atoms in total. The van der Waals surface area contributed by atoms with E-state index in [1.165, 1.54) is 0 Å². The van der Waals surface area contributed by atoms with E-state index in [1.807, 2.05) is 42.5 Å². The molecule has 4 heteroatoms. The third kappa shape index (κ3) is 3.03. The van der Waals surface area contributed by atoms with E-state index >= 15 is 0 Å². The fraction of sp³-hybridized carbons (Fsp3) is 0.273. The normalized spacial score (nSPS) is 18.2. The van der Waals surface area contributed by atoms with Crippen molar-refractivity contribution in [1.29, 1.82) is 0 Å². The van der Waals surface area contributed by atoms with Crippen LogP contribution >= 0.6 is 0 Å². The summed E-state index contributed by atoms with van der Waals surface area (Å²) in [6.45, 7) is 4.45. The van der Waals surface area contributed by atoms with Gasteiger partial charge in [-0.2, -0.15) is 0 Å². The number of carbonyl (C=O) groups excluding carboxylic acids is 1. The van der Waals surface area contributed by atoms with Crippen LogP contribution in [-0.4, -0.2) is 16.3 Å². The minimum atomic E-state index is -0.105. The molecule has 0 saturated carbocycles. The van der Waals surface area contributed by atoms with Crippen LogP contribution in [0.25, 0.3) is 11.3 Å². The Hall–Kier alpha value is -2.88. The Bertz CT molecular complexity index is 913. The summed E-state index contributed by atoms with van der Waals surface area (Å²) in [5.41, 5.74) is 6.46. The van der Waals surface area contributed by atoms with Crippen molar-refractivity contribution in [1.82, 2.24) is 9.97 Å². The molecule has 0 radical (unpaired) electrons. The van der Waals surface area contributed by atoms with Crippen molar-refractivity contribution in [3.8, 4) is 11.3 Å². The molecule has 1 aromatic carbocycles. The Morgan fingerprint density at radius 2 is 1.88 bits per heavy atom. The number of hydrogen-bond acceptors (Lipinski definition) is 3. The standard InChI is InChI=1S/C22H23N3O/c1-22(2)12-16(14-26)19-18(13-22)25-20(15-8-10-23-11-9-15)21(19)24-17-6-4-3-5-7-17/h3-11,14,16,24-25H,12-13H2,1-2H3. The van der Waals surface area contributed by atoms with E-state index in [0.29, 0.717) is 0 Å². The number of nitrogens with zero attached hydrogens (tertiary/aromatic N) is 1. The maximum Gasteiger partial charge on any atom is 0.127 e. The second-order valence-electron chi connectivity index (χ2n) is 7.78. The number of fused-ring (bicyclic) bond motifs is 1. The molecule has 2 heterocycles. The average molecular weight is 345 g/mol. The van der Waals surface area contributed by atoms with Crippen molar-refractivity contribution >= 4 is 17.7 Å². The van der Waals surface area contributed by atoms with E-state index in [-0.39, 0.29) is 11.3 Å². The molecule has 0 saturated heterocycles. The van der Waals surface area contributed by atoms with Crippen molar-refractivity contribution in [3.05, 3.63) is 66.1 Å². The number of rotatable bonds is 4. The van der Waals surface area contributed by atoms with Gasteiger partial charge in [0.05, 0.1) is 11.4 Å². The molecule has 0 amide bonds. The Morgan fingerprint density at radius 3 is 2.58 bits per heavy atom. The minimum Gasteiger partial charge on any atom is -0.356 e. The fourth-order valence-electron chi connectivity index (χ4n) is 4.01. The summed E-state index contributed by atoms with van der Waals surface area (Å²) >= 11 is 0. The first-order valence-corrected chi connectivity index (χ1v) is 9.00. The molecule has 2 aromatic heterocycles. The van der Waals surface area contributed by atoms with Gasteiger partial charge in [0.2, 0.25) is 0 Å². The van der Waals surface area contributed by atoms with Gasteiger partial charge in [0.1, 0.15) is 6.29 Å². The molecule has 0 spiro atoms. The van der Waals surface area contributed by atoms with E-state index in [9.17, 15) is 4.79 Å². The Balaban J connectivity index is 1.89. The first-order valence-electron chi connectivity index (χ1n) is 9.00. The van der Waals surface area contributed by atoms with Gasteiger partial charge in [-0.25, -0.2) is 0 Å². The summed E-state index contributed by atoms with van der Waals surface area (Å²) in [4.78, 5) is 19.6. The van der Waals surface area contributed by atoms with Crippen molar-refractivity contribution < 1.29 is 4.79 Å². The van der Waals surface area contributed by atoms with E-state index < -0.39 is 0 Å². The van der Waals surface area contributed by atoms with Crippen molar-refractivity contribution in [2.45, 2.75) is 32.6 Å². The third-order valence-corrected chi connectivity index (χ3v) is 5.10. The molecule has 1 aliphatic carbocycles. The number of anilines is 2. The van der Waals surface area contributed by atoms with Gasteiger partial charge in [0, 0.05) is 40.8 Å². The molecule has 0 fully saturated rings. The molecule has 1 unspecified atom stereocenters. The predicted molar refractivity (Wildman–Crippen MR) is 105 cm³/mol. The van der Waals surface area contributed by atoms with Gasteiger partial charge in [-0.3, -0.25) is 4.98 Å². The number of carbonyl (C=O) groups is 1. The fourth-order valence-corrected chi connectivity index (χ4v) is 4.01. The molecule has 1 aliphatic rings. The molecule has 26 heavy (non-hydrogen) atoms. The van der Waals surface area contributed by atoms with Crippen LogP contribution in [0.1, 0.15) is 37.4 Å². The number of benzene rings is 1. The van der Waals surface area contributed by atoms with Gasteiger partial charge in [-0.15, -0.1) is 0 Å². The first-order chi connectivity index (χ1) is 12.6. The van der Waals surface area contributed by atoms with Crippen molar-refractivity contribution in [3.63, 3.8) is 0 Å². The summed E-state index contributed by atoms with van der Waals surface area (Å²) in [6.07, 6.45) is 6.48. The van der Waals surface area contributed by atoms with Crippen LogP contribution < -0.4 is 5.32 Å². The zero-order valence-corrected chi connectivity index (χ0v) is 15.1. The summed E-state index contributed by atoms with van der Waals surface area (Å²) < 4.78 is 0. The second-order valence-corrected chi connectivity index (χ2v) is 7.78. The first kappa shape index (κ1) is 16.6. The number of pyridine rings is 1. The van der Waals surface area contributed by atoms with E-state index in [2.05, 4.69) is 29.1 Å². The molecule has 0 aliphatic heterocycles. The largest absolute Gasteiger partial charge is 0.356 e. The summed E-state index contributed by atoms with van der Waals surface area (Å²) in [5, 5.41) is 3.56. The lowest BCUT2D eigenvalue weighted by molar-refractivity contribution is -0.109. The topological polar surface area (TPSA) is 57.8 Å². The number of aromatic nitrogens is 2. The minimum absolute atomic E-state index is 0.100. The Labute approximate surface area is 153 Å². The van der Waals surface area contributed by atoms with E-state index in [0.717, 1.165) is 53.0 Å². The Morgan fingerprint density at radius 1 is 1.15 bits per heavy atom. The van der Waals surface area contributed by atoms with Gasteiger partial charge in [0.15, 0.2) is 0 Å². The summed E-state index contributed by atoms with van der Waals surface area (Å²) in [6, 6.07) is 14.1. The van der Waals surface area contributed by atoms with Crippen LogP contribution in [0.5, 0.6) is 0 Å². The van der Waals surface area contributed by atoms with Gasteiger partial charge >= 0.3 is 0 Å². The van der Waals surface area contributed by atoms with Crippen LogP contribution in [0.4, 0.5) is 11.4 Å². The second kappa shape index (κ2) is 6.45. The monoisotopic (exact) mass is 345 g/mol. The lowest BCUT2D eigenvalue weighted by atomic mass is 9.71. The lowest BCUT2D eigenvalue weighted by Crippen LogP contribution is -2.26. The van der Waals surface area contributed by atoms with Crippen molar-refractivity contribution in [2.24, 2.45) is 5.41 Å². The van der Waals surface area contributed by atoms with E-state index in [1.54, 1.807) is 12.4 Å². The molecular weight excluding hydrogens is 322 g/mol. The highest BCUT2D eigenvalue weighted by Gasteiger charge is 2.36. The van der Waals surface area contributed by atoms with Crippen molar-refractivity contribution in [2.75, 3.05) is 5.32 Å². The summed E-state index contributed by atoms with van der Waals surface area (Å²) in [5.74, 6) is -0.105. The number of para-hydroxylation sites is 1. The zero-order chi connectivity index (χ0) is 18.1. The van der Waals surface area contributed by atoms with Gasteiger partial charge in [-0.05, 0) is 42.5 Å². The molecule has 3 aromatic rings. The van der Waals surface area contributed by atoms with Crippen LogP contribution in [-0.2, 0) is 11.2 Å². The highest BCUT2D eigenvalue weighted by molar-refractivity contribution is 5.86. The number of nitrogens with one attached hydrogen (secondary N) is 2.